The first-order valence-corrected chi connectivity index (χ1v) is 6.54. The number of halogens is 1. The number of aromatic nitrogens is 2. The van der Waals surface area contributed by atoms with E-state index in [1.165, 1.54) is 6.20 Å². The second kappa shape index (κ2) is 6.01. The summed E-state index contributed by atoms with van der Waals surface area (Å²) >= 11 is 5.79. The summed E-state index contributed by atoms with van der Waals surface area (Å²) in [6.07, 6.45) is 3.45. The molecule has 2 aromatic heterocycles. The fraction of sp³-hybridized carbons (Fsp3) is 0.267. The summed E-state index contributed by atoms with van der Waals surface area (Å²) in [6, 6.07) is 3.21. The smallest absolute Gasteiger partial charge is 0.168 e. The minimum Gasteiger partial charge on any atom is -0.496 e. The van der Waals surface area contributed by atoms with Crippen molar-refractivity contribution in [2.24, 2.45) is 0 Å². The predicted molar refractivity (Wildman–Crippen MR) is 77.5 cm³/mol. The second-order valence-corrected chi connectivity index (χ2v) is 4.90. The molecule has 5 heteroatoms. The molecule has 0 aromatic carbocycles. The minimum absolute atomic E-state index is 0.0455. The molecule has 104 valence electrons. The van der Waals surface area contributed by atoms with Crippen LogP contribution in [0.25, 0.3) is 0 Å². The van der Waals surface area contributed by atoms with E-state index in [0.717, 1.165) is 16.9 Å². The molecule has 4 nitrogen and oxygen atoms in total. The zero-order valence-corrected chi connectivity index (χ0v) is 12.4. The van der Waals surface area contributed by atoms with E-state index >= 15 is 0 Å². The lowest BCUT2D eigenvalue weighted by molar-refractivity contribution is 0.0991. The van der Waals surface area contributed by atoms with Crippen LogP contribution in [0.2, 0.25) is 5.15 Å². The van der Waals surface area contributed by atoms with Crippen LogP contribution in [0.15, 0.2) is 24.5 Å². The highest BCUT2D eigenvalue weighted by molar-refractivity contribution is 6.29. The lowest BCUT2D eigenvalue weighted by Crippen LogP contribution is -2.08. The first kappa shape index (κ1) is 14.5. The number of Topliss-reactive ketones (excluding diaryl/α,β-unsaturated/α-hetero) is 1. The lowest BCUT2D eigenvalue weighted by atomic mass is 10.0. The summed E-state index contributed by atoms with van der Waals surface area (Å²) in [5.41, 5.74) is 3.09. The van der Waals surface area contributed by atoms with E-state index in [1.807, 2.05) is 13.8 Å². The number of carbonyl (C=O) groups excluding carboxylic acids is 1. The van der Waals surface area contributed by atoms with Crippen molar-refractivity contribution in [3.8, 4) is 5.75 Å². The molecule has 0 aliphatic heterocycles. The first-order chi connectivity index (χ1) is 9.52. The van der Waals surface area contributed by atoms with Gasteiger partial charge in [0.2, 0.25) is 0 Å². The molecule has 20 heavy (non-hydrogen) atoms. The number of ether oxygens (including phenoxy) is 1. The van der Waals surface area contributed by atoms with E-state index in [-0.39, 0.29) is 12.2 Å². The summed E-state index contributed by atoms with van der Waals surface area (Å²) in [5.74, 6) is 0.728. The Labute approximate surface area is 122 Å². The maximum absolute atomic E-state index is 12.2. The Kier molecular flexibility index (Phi) is 4.35. The standard InChI is InChI=1S/C15H15ClN2O2/c1-9-8-18-12(10(2)15(9)20-3)7-13(19)11-4-5-17-14(16)6-11/h4-6,8H,7H2,1-3H3. The molecular weight excluding hydrogens is 276 g/mol. The number of hydrogen-bond donors (Lipinski definition) is 0. The van der Waals surface area contributed by atoms with Gasteiger partial charge in [-0.15, -0.1) is 0 Å². The van der Waals surface area contributed by atoms with Gasteiger partial charge in [-0.2, -0.15) is 0 Å². The monoisotopic (exact) mass is 290 g/mol. The molecule has 2 heterocycles. The number of hydrogen-bond acceptors (Lipinski definition) is 4. The Bertz CT molecular complexity index is 656. The molecule has 0 atom stereocenters. The number of methoxy groups -OCH3 is 1. The molecule has 2 rings (SSSR count). The summed E-state index contributed by atoms with van der Waals surface area (Å²) < 4.78 is 5.34. The van der Waals surface area contributed by atoms with Crippen LogP contribution in [0, 0.1) is 13.8 Å². The minimum atomic E-state index is -0.0455. The maximum atomic E-state index is 12.2. The summed E-state index contributed by atoms with van der Waals surface area (Å²) in [4.78, 5) is 20.4. The molecule has 0 saturated heterocycles. The highest BCUT2D eigenvalue weighted by Crippen LogP contribution is 2.24. The number of nitrogens with zero attached hydrogens (tertiary/aromatic N) is 2. The molecule has 0 bridgehead atoms. The Morgan fingerprint density at radius 1 is 1.35 bits per heavy atom. The fourth-order valence-electron chi connectivity index (χ4n) is 2.08. The molecule has 0 aliphatic rings. The third-order valence-electron chi connectivity index (χ3n) is 3.13. The summed E-state index contributed by atoms with van der Waals surface area (Å²) in [5, 5.41) is 0.307. The number of pyridine rings is 2. The maximum Gasteiger partial charge on any atom is 0.168 e. The zero-order valence-electron chi connectivity index (χ0n) is 11.6. The van der Waals surface area contributed by atoms with Crippen LogP contribution in [0.5, 0.6) is 5.75 Å². The number of rotatable bonds is 4. The van der Waals surface area contributed by atoms with Crippen molar-refractivity contribution in [1.29, 1.82) is 0 Å². The molecule has 0 fully saturated rings. The van der Waals surface area contributed by atoms with E-state index in [1.54, 1.807) is 25.4 Å². The van der Waals surface area contributed by atoms with Gasteiger partial charge < -0.3 is 4.74 Å². The Morgan fingerprint density at radius 3 is 2.75 bits per heavy atom. The summed E-state index contributed by atoms with van der Waals surface area (Å²) in [7, 11) is 1.61. The molecule has 0 amide bonds. The topological polar surface area (TPSA) is 52.1 Å². The second-order valence-electron chi connectivity index (χ2n) is 4.51. The van der Waals surface area contributed by atoms with Crippen LogP contribution in [-0.4, -0.2) is 22.9 Å². The predicted octanol–water partition coefficient (Wildman–Crippen LogP) is 3.18. The Morgan fingerprint density at radius 2 is 2.10 bits per heavy atom. The average Bonchev–Trinajstić information content (AvgIpc) is 2.42. The van der Waals surface area contributed by atoms with Gasteiger partial charge in [-0.3, -0.25) is 9.78 Å². The molecule has 0 N–H and O–H groups in total. The third-order valence-corrected chi connectivity index (χ3v) is 3.33. The fourth-order valence-corrected chi connectivity index (χ4v) is 2.25. The molecule has 0 aliphatic carbocycles. The molecular formula is C15H15ClN2O2. The molecule has 0 unspecified atom stereocenters. The van der Waals surface area contributed by atoms with Gasteiger partial charge >= 0.3 is 0 Å². The van der Waals surface area contributed by atoms with E-state index < -0.39 is 0 Å². The van der Waals surface area contributed by atoms with Crippen molar-refractivity contribution in [3.05, 3.63) is 52.1 Å². The van der Waals surface area contributed by atoms with E-state index in [0.29, 0.717) is 16.4 Å². The van der Waals surface area contributed by atoms with E-state index in [2.05, 4.69) is 9.97 Å². The van der Waals surface area contributed by atoms with Crippen molar-refractivity contribution in [2.75, 3.05) is 7.11 Å². The average molecular weight is 291 g/mol. The van der Waals surface area contributed by atoms with Crippen LogP contribution < -0.4 is 4.74 Å². The Balaban J connectivity index is 2.29. The largest absolute Gasteiger partial charge is 0.496 e. The molecule has 0 radical (unpaired) electrons. The van der Waals surface area contributed by atoms with Crippen LogP contribution in [0.4, 0.5) is 0 Å². The van der Waals surface area contributed by atoms with Crippen molar-refractivity contribution in [3.63, 3.8) is 0 Å². The van der Waals surface area contributed by atoms with Crippen LogP contribution >= 0.6 is 11.6 Å². The van der Waals surface area contributed by atoms with Crippen molar-refractivity contribution in [1.82, 2.24) is 9.97 Å². The highest BCUT2D eigenvalue weighted by atomic mass is 35.5. The SMILES string of the molecule is COc1c(C)cnc(CC(=O)c2ccnc(Cl)c2)c1C. The zero-order chi connectivity index (χ0) is 14.7. The van der Waals surface area contributed by atoms with Gasteiger partial charge in [0.25, 0.3) is 0 Å². The Hall–Kier alpha value is -1.94. The number of aryl methyl sites for hydroxylation is 1. The highest BCUT2D eigenvalue weighted by Gasteiger charge is 2.14. The molecule has 0 spiro atoms. The van der Waals surface area contributed by atoms with E-state index in [4.69, 9.17) is 16.3 Å². The van der Waals surface area contributed by atoms with Crippen molar-refractivity contribution >= 4 is 17.4 Å². The van der Waals surface area contributed by atoms with Crippen molar-refractivity contribution in [2.45, 2.75) is 20.3 Å². The van der Waals surface area contributed by atoms with Gasteiger partial charge in [0.1, 0.15) is 10.9 Å². The summed E-state index contributed by atoms with van der Waals surface area (Å²) in [6.45, 7) is 3.83. The number of ketones is 1. The number of carbonyl (C=O) groups is 1. The molecule has 2 aromatic rings. The van der Waals surface area contributed by atoms with Crippen LogP contribution in [0.3, 0.4) is 0 Å². The normalized spacial score (nSPS) is 10.4. The quantitative estimate of drug-likeness (QED) is 0.641. The van der Waals surface area contributed by atoms with Gasteiger partial charge in [0, 0.05) is 29.1 Å². The molecule has 0 saturated carbocycles. The van der Waals surface area contributed by atoms with Gasteiger partial charge in [-0.25, -0.2) is 4.98 Å². The first-order valence-electron chi connectivity index (χ1n) is 6.16. The van der Waals surface area contributed by atoms with Crippen LogP contribution in [0.1, 0.15) is 27.2 Å². The van der Waals surface area contributed by atoms with Gasteiger partial charge in [0.05, 0.1) is 19.2 Å². The van der Waals surface area contributed by atoms with Gasteiger partial charge in [-0.05, 0) is 26.0 Å². The van der Waals surface area contributed by atoms with Gasteiger partial charge in [0.15, 0.2) is 5.78 Å². The van der Waals surface area contributed by atoms with Gasteiger partial charge in [-0.1, -0.05) is 11.6 Å². The van der Waals surface area contributed by atoms with E-state index in [9.17, 15) is 4.79 Å². The van der Waals surface area contributed by atoms with Crippen molar-refractivity contribution < 1.29 is 9.53 Å². The van der Waals surface area contributed by atoms with Crippen LogP contribution in [-0.2, 0) is 6.42 Å². The third kappa shape index (κ3) is 2.96. The lowest BCUT2D eigenvalue weighted by Gasteiger charge is -2.11.